The van der Waals surface area contributed by atoms with Crippen molar-refractivity contribution in [2.75, 3.05) is 26.7 Å². The van der Waals surface area contributed by atoms with Gasteiger partial charge in [-0.1, -0.05) is 23.3 Å². The molecule has 5 nitrogen and oxygen atoms in total. The van der Waals surface area contributed by atoms with Gasteiger partial charge in [0.25, 0.3) is 0 Å². The van der Waals surface area contributed by atoms with E-state index in [1.54, 1.807) is 11.8 Å². The molecule has 0 saturated carbocycles. The summed E-state index contributed by atoms with van der Waals surface area (Å²) in [4.78, 5) is 14.8. The molecule has 0 aliphatic carbocycles. The minimum Gasteiger partial charge on any atom is -0.478 e. The van der Waals surface area contributed by atoms with Crippen molar-refractivity contribution in [3.05, 3.63) is 52.7 Å². The number of pyridine rings is 1. The predicted molar refractivity (Wildman–Crippen MR) is 114 cm³/mol. The number of ether oxygens (including phenoxy) is 1. The second-order valence-electron chi connectivity index (χ2n) is 7.37. The number of nitrogens with zero attached hydrogens (tertiary/aromatic N) is 3. The van der Waals surface area contributed by atoms with E-state index in [0.717, 1.165) is 58.9 Å². The van der Waals surface area contributed by atoms with Crippen LogP contribution >= 0.6 is 11.6 Å². The zero-order chi connectivity index (χ0) is 19.5. The number of aryl methyl sites for hydroxylation is 1. The Bertz CT molecular complexity index is 994. The lowest BCUT2D eigenvalue weighted by molar-refractivity contribution is 0.296. The van der Waals surface area contributed by atoms with Crippen LogP contribution < -0.4 is 4.74 Å². The summed E-state index contributed by atoms with van der Waals surface area (Å²) in [6.45, 7) is 4.88. The van der Waals surface area contributed by atoms with E-state index in [0.29, 0.717) is 12.5 Å². The predicted octanol–water partition coefficient (Wildman–Crippen LogP) is 5.01. The number of hydrogen-bond acceptors (Lipinski definition) is 4. The van der Waals surface area contributed by atoms with Crippen molar-refractivity contribution in [3.8, 4) is 17.3 Å². The maximum Gasteiger partial charge on any atom is 0.213 e. The van der Waals surface area contributed by atoms with Crippen LogP contribution in [0.15, 0.2) is 42.1 Å². The Morgan fingerprint density at radius 2 is 2.14 bits per heavy atom. The molecule has 28 heavy (non-hydrogen) atoms. The third-order valence-corrected chi connectivity index (χ3v) is 5.66. The first kappa shape index (κ1) is 19.0. The van der Waals surface area contributed by atoms with Crippen LogP contribution in [0, 0.1) is 6.92 Å². The number of halogens is 1. The molecule has 146 valence electrons. The van der Waals surface area contributed by atoms with E-state index in [1.807, 2.05) is 31.2 Å². The Morgan fingerprint density at radius 1 is 1.25 bits per heavy atom. The van der Waals surface area contributed by atoms with Gasteiger partial charge in [0.15, 0.2) is 0 Å². The third kappa shape index (κ3) is 4.21. The van der Waals surface area contributed by atoms with Crippen LogP contribution in [-0.4, -0.2) is 46.6 Å². The Balaban J connectivity index is 1.34. The van der Waals surface area contributed by atoms with Gasteiger partial charge in [0, 0.05) is 35.9 Å². The molecule has 1 N–H and O–H groups in total. The molecule has 0 amide bonds. The molecule has 0 radical (unpaired) electrons. The highest BCUT2D eigenvalue weighted by Crippen LogP contribution is 2.27. The second kappa shape index (κ2) is 8.33. The monoisotopic (exact) mass is 396 g/mol. The number of nitrogens with one attached hydrogen (secondary N) is 1. The summed E-state index contributed by atoms with van der Waals surface area (Å²) in [5.41, 5.74) is 5.32. The zero-order valence-electron chi connectivity index (χ0n) is 16.3. The molecule has 3 aromatic rings. The lowest BCUT2D eigenvalue weighted by atomic mass is 10.0. The molecule has 0 bridgehead atoms. The van der Waals surface area contributed by atoms with Crippen LogP contribution in [0.3, 0.4) is 0 Å². The van der Waals surface area contributed by atoms with Crippen LogP contribution in [0.25, 0.3) is 22.4 Å². The van der Waals surface area contributed by atoms with Crippen molar-refractivity contribution in [1.29, 1.82) is 0 Å². The quantitative estimate of drug-likeness (QED) is 0.470. The van der Waals surface area contributed by atoms with Gasteiger partial charge in [0.1, 0.15) is 5.82 Å². The molecule has 3 heterocycles. The van der Waals surface area contributed by atoms with E-state index in [1.165, 1.54) is 6.42 Å². The molecule has 0 saturated heterocycles. The minimum absolute atomic E-state index is 0.649. The maximum atomic E-state index is 6.19. The molecular weight excluding hydrogens is 372 g/mol. The highest BCUT2D eigenvalue weighted by molar-refractivity contribution is 6.32. The molecule has 0 unspecified atom stereocenters. The summed E-state index contributed by atoms with van der Waals surface area (Å²) in [7, 11) is 2.16. The van der Waals surface area contributed by atoms with Crippen LogP contribution in [0.2, 0.25) is 5.02 Å². The smallest absolute Gasteiger partial charge is 0.213 e. The van der Waals surface area contributed by atoms with Gasteiger partial charge >= 0.3 is 0 Å². The molecule has 6 heteroatoms. The Labute approximate surface area is 170 Å². The van der Waals surface area contributed by atoms with Gasteiger partial charge in [-0.3, -0.25) is 0 Å². The van der Waals surface area contributed by atoms with Crippen LogP contribution in [0.4, 0.5) is 0 Å². The van der Waals surface area contributed by atoms with Crippen LogP contribution in [0.1, 0.15) is 24.8 Å². The largest absolute Gasteiger partial charge is 0.478 e. The lowest BCUT2D eigenvalue weighted by Gasteiger charge is -2.21. The highest BCUT2D eigenvalue weighted by Gasteiger charge is 2.10. The number of likely N-dealkylation sites (N-methyl/N-ethyl adjacent to an activating group) is 1. The van der Waals surface area contributed by atoms with E-state index in [4.69, 9.17) is 16.3 Å². The van der Waals surface area contributed by atoms with Crippen LogP contribution in [-0.2, 0) is 0 Å². The van der Waals surface area contributed by atoms with E-state index in [2.05, 4.69) is 33.0 Å². The molecule has 1 aromatic carbocycles. The fourth-order valence-corrected chi connectivity index (χ4v) is 3.60. The third-order valence-electron chi connectivity index (χ3n) is 5.25. The highest BCUT2D eigenvalue weighted by atomic mass is 35.5. The van der Waals surface area contributed by atoms with Crippen molar-refractivity contribution in [1.82, 2.24) is 19.9 Å². The van der Waals surface area contributed by atoms with Gasteiger partial charge in [-0.05, 0) is 57.0 Å². The Hall–Kier alpha value is -2.37. The normalized spacial score (nSPS) is 15.0. The molecule has 1 aliphatic heterocycles. The number of fused-ring (bicyclic) bond motifs is 1. The van der Waals surface area contributed by atoms with Crippen molar-refractivity contribution < 1.29 is 4.74 Å². The molecule has 2 aromatic heterocycles. The van der Waals surface area contributed by atoms with E-state index in [-0.39, 0.29) is 0 Å². The summed E-state index contributed by atoms with van der Waals surface area (Å²) in [6.07, 6.45) is 7.43. The van der Waals surface area contributed by atoms with Gasteiger partial charge in [-0.25, -0.2) is 9.97 Å². The number of imidazole rings is 1. The molecule has 1 aliphatic rings. The molecule has 4 rings (SSSR count). The Kier molecular flexibility index (Phi) is 5.64. The fraction of sp³-hybridized carbons (Fsp3) is 0.364. The summed E-state index contributed by atoms with van der Waals surface area (Å²) < 4.78 is 5.81. The maximum absolute atomic E-state index is 6.19. The zero-order valence-corrected chi connectivity index (χ0v) is 17.1. The molecule has 0 fully saturated rings. The van der Waals surface area contributed by atoms with Gasteiger partial charge in [0.2, 0.25) is 5.88 Å². The first-order valence-electron chi connectivity index (χ1n) is 9.70. The number of H-pyrrole nitrogens is 1. The minimum atomic E-state index is 0.649. The van der Waals surface area contributed by atoms with E-state index in [9.17, 15) is 0 Å². The number of rotatable bonds is 6. The van der Waals surface area contributed by atoms with E-state index < -0.39 is 0 Å². The molecule has 0 spiro atoms. The van der Waals surface area contributed by atoms with Crippen LogP contribution in [0.5, 0.6) is 5.88 Å². The standard InChI is InChI=1S/C22H25ClN4O/c1-15-18(23)6-7-19-21(15)26-22(25-19)17-5-8-20(24-14-17)28-13-3-4-16-9-11-27(2)12-10-16/h5-9,14H,3-4,10-13H2,1-2H3,(H,25,26). The first-order chi connectivity index (χ1) is 13.6. The molecular formula is C22H25ClN4O. The summed E-state index contributed by atoms with van der Waals surface area (Å²) in [5, 5.41) is 0.725. The topological polar surface area (TPSA) is 54.0 Å². The van der Waals surface area contributed by atoms with Crippen molar-refractivity contribution in [2.24, 2.45) is 0 Å². The van der Waals surface area contributed by atoms with E-state index >= 15 is 0 Å². The van der Waals surface area contributed by atoms with Gasteiger partial charge in [-0.2, -0.15) is 0 Å². The second-order valence-corrected chi connectivity index (χ2v) is 7.77. The average molecular weight is 397 g/mol. The summed E-state index contributed by atoms with van der Waals surface area (Å²) >= 11 is 6.19. The van der Waals surface area contributed by atoms with Crippen molar-refractivity contribution in [3.63, 3.8) is 0 Å². The number of benzene rings is 1. The SMILES string of the molecule is Cc1c(Cl)ccc2[nH]c(-c3ccc(OCCCC4=CCN(C)CC4)nc3)nc12. The fourth-order valence-electron chi connectivity index (χ4n) is 3.45. The number of aromatic amines is 1. The van der Waals surface area contributed by atoms with Crippen molar-refractivity contribution in [2.45, 2.75) is 26.2 Å². The number of hydrogen-bond donors (Lipinski definition) is 1. The summed E-state index contributed by atoms with van der Waals surface area (Å²) in [5.74, 6) is 1.44. The lowest BCUT2D eigenvalue weighted by Crippen LogP contribution is -2.24. The van der Waals surface area contributed by atoms with Crippen molar-refractivity contribution >= 4 is 22.6 Å². The Morgan fingerprint density at radius 3 is 2.89 bits per heavy atom. The van der Waals surface area contributed by atoms with Gasteiger partial charge < -0.3 is 14.6 Å². The summed E-state index contributed by atoms with van der Waals surface area (Å²) in [6, 6.07) is 7.72. The van der Waals surface area contributed by atoms with Gasteiger partial charge in [-0.15, -0.1) is 0 Å². The van der Waals surface area contributed by atoms with Gasteiger partial charge in [0.05, 0.1) is 17.6 Å². The first-order valence-corrected chi connectivity index (χ1v) is 10.1. The number of aromatic nitrogens is 3. The molecule has 0 atom stereocenters. The average Bonchev–Trinajstić information content (AvgIpc) is 3.15.